The van der Waals surface area contributed by atoms with Crippen molar-refractivity contribution in [2.45, 2.75) is 6.42 Å². The smallest absolute Gasteiger partial charge is 0.249 e. The fraction of sp³-hybridized carbons (Fsp3) is 0.231. The number of anilines is 1. The number of benzene rings is 3. The molecule has 0 bridgehead atoms. The van der Waals surface area contributed by atoms with Gasteiger partial charge in [-0.2, -0.15) is 5.10 Å². The van der Waals surface area contributed by atoms with Gasteiger partial charge in [0.15, 0.2) is 0 Å². The molecule has 6 rings (SSSR count). The molecule has 4 aromatic rings. The molecule has 0 spiro atoms. The number of hydrogen-bond donors (Lipinski definition) is 2. The lowest BCUT2D eigenvalue weighted by Gasteiger charge is -2.29. The van der Waals surface area contributed by atoms with Gasteiger partial charge in [0.2, 0.25) is 5.91 Å². The number of nitrogens with zero attached hydrogens (tertiary/aromatic N) is 3. The number of fused-ring (bicyclic) bond motifs is 4. The van der Waals surface area contributed by atoms with Gasteiger partial charge in [0.1, 0.15) is 0 Å². The first-order chi connectivity index (χ1) is 15.6. The van der Waals surface area contributed by atoms with E-state index in [1.807, 2.05) is 24.0 Å². The average Bonchev–Trinajstić information content (AvgIpc) is 3.38. The number of primary amides is 1. The fourth-order valence-electron chi connectivity index (χ4n) is 5.13. The summed E-state index contributed by atoms with van der Waals surface area (Å²) in [5.74, 6) is -0.374. The van der Waals surface area contributed by atoms with Gasteiger partial charge in [0.05, 0.1) is 11.7 Å². The summed E-state index contributed by atoms with van der Waals surface area (Å²) in [6, 6.07) is 17.1. The third-order valence-corrected chi connectivity index (χ3v) is 6.82. The summed E-state index contributed by atoms with van der Waals surface area (Å²) >= 11 is 0. The number of aromatic nitrogens is 2. The van der Waals surface area contributed by atoms with Gasteiger partial charge in [-0.3, -0.25) is 9.48 Å². The van der Waals surface area contributed by atoms with E-state index in [4.69, 9.17) is 5.73 Å². The number of piperazine rings is 1. The molecule has 0 unspecified atom stereocenters. The average molecular weight is 424 g/mol. The lowest BCUT2D eigenvalue weighted by Crippen LogP contribution is -2.43. The predicted octanol–water partition coefficient (Wildman–Crippen LogP) is 3.32. The number of hydrogen-bond acceptors (Lipinski definition) is 4. The highest BCUT2D eigenvalue weighted by Crippen LogP contribution is 2.42. The number of amides is 1. The zero-order valence-corrected chi connectivity index (χ0v) is 18.1. The van der Waals surface area contributed by atoms with Crippen LogP contribution in [0.4, 0.5) is 5.69 Å². The van der Waals surface area contributed by atoms with E-state index in [1.165, 1.54) is 16.8 Å². The fourth-order valence-corrected chi connectivity index (χ4v) is 5.13. The van der Waals surface area contributed by atoms with Gasteiger partial charge in [-0.05, 0) is 76.2 Å². The molecule has 32 heavy (non-hydrogen) atoms. The van der Waals surface area contributed by atoms with Gasteiger partial charge >= 0.3 is 0 Å². The van der Waals surface area contributed by atoms with Crippen LogP contribution in [0.15, 0.2) is 54.7 Å². The Bertz CT molecular complexity index is 1380. The monoisotopic (exact) mass is 423 g/mol. The maximum Gasteiger partial charge on any atom is 0.249 e. The zero-order valence-electron chi connectivity index (χ0n) is 18.1. The van der Waals surface area contributed by atoms with E-state index in [1.54, 1.807) is 0 Å². The van der Waals surface area contributed by atoms with Crippen molar-refractivity contribution in [3.8, 4) is 22.3 Å². The third-order valence-electron chi connectivity index (χ3n) is 6.82. The van der Waals surface area contributed by atoms with E-state index < -0.39 is 0 Å². The summed E-state index contributed by atoms with van der Waals surface area (Å²) in [6.07, 6.45) is 2.61. The van der Waals surface area contributed by atoms with Crippen LogP contribution in [0.3, 0.4) is 0 Å². The lowest BCUT2D eigenvalue weighted by molar-refractivity contribution is 0.0999. The highest BCUT2D eigenvalue weighted by molar-refractivity contribution is 6.00. The first-order valence-corrected chi connectivity index (χ1v) is 11.1. The molecule has 0 saturated carbocycles. The minimum Gasteiger partial charge on any atom is -0.369 e. The Morgan fingerprint density at radius 3 is 2.66 bits per heavy atom. The van der Waals surface area contributed by atoms with Crippen LogP contribution in [0.5, 0.6) is 0 Å². The second-order valence-electron chi connectivity index (χ2n) is 8.71. The first kappa shape index (κ1) is 19.1. The van der Waals surface area contributed by atoms with Crippen molar-refractivity contribution < 1.29 is 4.79 Å². The summed E-state index contributed by atoms with van der Waals surface area (Å²) < 4.78 is 1.86. The summed E-state index contributed by atoms with van der Waals surface area (Å²) in [4.78, 5) is 14.8. The number of aryl methyl sites for hydroxylation is 1. The summed E-state index contributed by atoms with van der Waals surface area (Å²) in [6.45, 7) is 4.04. The third kappa shape index (κ3) is 2.99. The number of nitrogens with one attached hydrogen (secondary N) is 1. The molecule has 6 nitrogen and oxygen atoms in total. The van der Waals surface area contributed by atoms with E-state index in [9.17, 15) is 4.79 Å². The van der Waals surface area contributed by atoms with Crippen LogP contribution in [0.2, 0.25) is 0 Å². The highest BCUT2D eigenvalue weighted by atomic mass is 16.1. The normalized spacial score (nSPS) is 15.1. The molecular formula is C26H25N5O. The Morgan fingerprint density at radius 2 is 1.84 bits per heavy atom. The molecule has 0 atom stereocenters. The second kappa shape index (κ2) is 7.21. The van der Waals surface area contributed by atoms with Crippen molar-refractivity contribution in [1.29, 1.82) is 0 Å². The predicted molar refractivity (Wildman–Crippen MR) is 128 cm³/mol. The lowest BCUT2D eigenvalue weighted by atomic mass is 9.93. The van der Waals surface area contributed by atoms with Crippen LogP contribution < -0.4 is 16.0 Å². The topological polar surface area (TPSA) is 76.2 Å². The van der Waals surface area contributed by atoms with Crippen molar-refractivity contribution in [3.63, 3.8) is 0 Å². The van der Waals surface area contributed by atoms with Crippen LogP contribution in [0.1, 0.15) is 21.5 Å². The molecule has 1 aliphatic heterocycles. The van der Waals surface area contributed by atoms with E-state index in [-0.39, 0.29) is 5.91 Å². The van der Waals surface area contributed by atoms with E-state index in [0.717, 1.165) is 65.8 Å². The second-order valence-corrected chi connectivity index (χ2v) is 8.71. The van der Waals surface area contributed by atoms with Crippen molar-refractivity contribution >= 4 is 22.5 Å². The Balaban J connectivity index is 1.46. The molecule has 1 aliphatic carbocycles. The maximum atomic E-state index is 12.4. The van der Waals surface area contributed by atoms with Gasteiger partial charge in [-0.1, -0.05) is 12.1 Å². The summed E-state index contributed by atoms with van der Waals surface area (Å²) in [5.41, 5.74) is 15.5. The minimum atomic E-state index is -0.374. The largest absolute Gasteiger partial charge is 0.369 e. The van der Waals surface area contributed by atoms with Crippen molar-refractivity contribution in [2.24, 2.45) is 12.8 Å². The van der Waals surface area contributed by atoms with Crippen LogP contribution >= 0.6 is 0 Å². The van der Waals surface area contributed by atoms with Crippen molar-refractivity contribution in [1.82, 2.24) is 15.1 Å². The molecule has 1 fully saturated rings. The highest BCUT2D eigenvalue weighted by Gasteiger charge is 2.25. The number of nitrogens with two attached hydrogens (primary N) is 1. The van der Waals surface area contributed by atoms with E-state index in [2.05, 4.69) is 57.8 Å². The molecule has 1 amide bonds. The molecule has 3 aromatic carbocycles. The molecule has 2 heterocycles. The number of carbonyl (C=O) groups is 1. The molecule has 160 valence electrons. The van der Waals surface area contributed by atoms with Crippen molar-refractivity contribution in [2.75, 3.05) is 31.1 Å². The van der Waals surface area contributed by atoms with Gasteiger partial charge < -0.3 is 16.0 Å². The van der Waals surface area contributed by atoms with Gasteiger partial charge in [0.25, 0.3) is 0 Å². The zero-order chi connectivity index (χ0) is 21.8. The van der Waals surface area contributed by atoms with E-state index in [0.29, 0.717) is 5.56 Å². The van der Waals surface area contributed by atoms with Gasteiger partial charge in [-0.15, -0.1) is 0 Å². The summed E-state index contributed by atoms with van der Waals surface area (Å²) in [5, 5.41) is 8.83. The standard InChI is InChI=1S/C26H25N5O/c1-30-25-5-2-16(10-19(25)15-29-30)17-12-22-21-4-3-20(31-8-6-28-7-9-31)11-18(21)14-23(22)24(13-17)26(27)32/h2-5,10-13,15,28H,6-9,14H2,1H3,(H2,27,32). The van der Waals surface area contributed by atoms with Crippen LogP contribution in [0.25, 0.3) is 33.2 Å². The number of carbonyl (C=O) groups excluding carboxylic acids is 1. The van der Waals surface area contributed by atoms with Crippen LogP contribution in [-0.2, 0) is 13.5 Å². The molecule has 1 aromatic heterocycles. The summed E-state index contributed by atoms with van der Waals surface area (Å²) in [7, 11) is 1.94. The molecule has 6 heteroatoms. The first-order valence-electron chi connectivity index (χ1n) is 11.1. The Labute approximate surface area is 186 Å². The van der Waals surface area contributed by atoms with Crippen molar-refractivity contribution in [3.05, 3.63) is 71.4 Å². The minimum absolute atomic E-state index is 0.374. The molecule has 0 radical (unpaired) electrons. The molecule has 1 saturated heterocycles. The Kier molecular flexibility index (Phi) is 4.30. The van der Waals surface area contributed by atoms with Gasteiger partial charge in [-0.25, -0.2) is 0 Å². The SMILES string of the molecule is Cn1ncc2cc(-c3cc(C(N)=O)c4c(c3)-c3ccc(N5CCNCC5)cc3C4)ccc21. The number of rotatable bonds is 3. The molecular weight excluding hydrogens is 398 g/mol. The van der Waals surface area contributed by atoms with Crippen LogP contribution in [0, 0.1) is 0 Å². The maximum absolute atomic E-state index is 12.4. The molecule has 3 N–H and O–H groups in total. The quantitative estimate of drug-likeness (QED) is 0.467. The Morgan fingerprint density at radius 1 is 1.00 bits per heavy atom. The van der Waals surface area contributed by atoms with Gasteiger partial charge in [0, 0.05) is 49.9 Å². The van der Waals surface area contributed by atoms with Crippen LogP contribution in [-0.4, -0.2) is 41.9 Å². The molecule has 2 aliphatic rings. The van der Waals surface area contributed by atoms with E-state index >= 15 is 0 Å². The Hall–Kier alpha value is -3.64.